The maximum absolute atomic E-state index is 13.3. The zero-order chi connectivity index (χ0) is 26.0. The van der Waals surface area contributed by atoms with E-state index in [0.717, 1.165) is 46.1 Å². The van der Waals surface area contributed by atoms with Gasteiger partial charge in [0.1, 0.15) is 0 Å². The molecule has 1 heterocycles. The highest BCUT2D eigenvalue weighted by atomic mass is 19.4. The highest BCUT2D eigenvalue weighted by Crippen LogP contribution is 2.39. The van der Waals surface area contributed by atoms with E-state index in [4.69, 9.17) is 0 Å². The molecule has 2 aromatic carbocycles. The summed E-state index contributed by atoms with van der Waals surface area (Å²) in [6.07, 6.45) is -2.41. The lowest BCUT2D eigenvalue weighted by molar-refractivity contribution is -0.325. The van der Waals surface area contributed by atoms with Gasteiger partial charge in [-0.1, -0.05) is 55.1 Å². The van der Waals surface area contributed by atoms with E-state index in [1.807, 2.05) is 48.5 Å². The Hall–Kier alpha value is -3.63. The molecule has 0 unspecified atom stereocenters. The summed E-state index contributed by atoms with van der Waals surface area (Å²) in [5, 5.41) is 13.8. The van der Waals surface area contributed by atoms with Gasteiger partial charge in [-0.2, -0.15) is 5.01 Å². The molecule has 1 saturated heterocycles. The quantitative estimate of drug-likeness (QED) is 0.479. The van der Waals surface area contributed by atoms with Crippen LogP contribution in [0.3, 0.4) is 0 Å². The zero-order valence-electron chi connectivity index (χ0n) is 19.7. The molecular formula is C26H26F3N3O4. The molecule has 10 heteroatoms. The van der Waals surface area contributed by atoms with Crippen LogP contribution < -0.4 is 0 Å². The second-order valence-corrected chi connectivity index (χ2v) is 8.53. The molecule has 190 valence electrons. The van der Waals surface area contributed by atoms with Crippen LogP contribution in [0.5, 0.6) is 0 Å². The van der Waals surface area contributed by atoms with Gasteiger partial charge in [0.25, 0.3) is 5.91 Å². The average molecular weight is 502 g/mol. The predicted molar refractivity (Wildman–Crippen MR) is 125 cm³/mol. The van der Waals surface area contributed by atoms with Crippen LogP contribution in [0.4, 0.5) is 13.2 Å². The number of aliphatic hydroxyl groups is 1. The molecule has 0 radical (unpaired) electrons. The lowest BCUT2D eigenvalue weighted by Gasteiger charge is -2.47. The molecular weight excluding hydrogens is 475 g/mol. The number of halogens is 3. The number of aryl methyl sites for hydroxylation is 2. The average Bonchev–Trinajstić information content (AvgIpc) is 3.01. The molecule has 0 aromatic heterocycles. The first kappa shape index (κ1) is 25.5. The van der Waals surface area contributed by atoms with Crippen LogP contribution in [-0.2, 0) is 27.2 Å². The van der Waals surface area contributed by atoms with Crippen molar-refractivity contribution in [3.8, 4) is 0 Å². The summed E-state index contributed by atoms with van der Waals surface area (Å²) in [6, 6.07) is 15.2. The topological polar surface area (TPSA) is 73.3 Å². The minimum absolute atomic E-state index is 0.0943. The smallest absolute Gasteiger partial charge is 0.503 e. The predicted octanol–water partition coefficient (Wildman–Crippen LogP) is 3.88. The van der Waals surface area contributed by atoms with Crippen LogP contribution in [-0.4, -0.2) is 64.9 Å². The molecule has 1 aliphatic carbocycles. The molecule has 0 atom stereocenters. The van der Waals surface area contributed by atoms with Gasteiger partial charge in [0.05, 0.1) is 19.3 Å². The molecule has 1 amide bonds. The molecule has 7 nitrogen and oxygen atoms in total. The first-order valence-corrected chi connectivity index (χ1v) is 11.4. The number of hydrogen-bond donors (Lipinski definition) is 1. The number of rotatable bonds is 6. The van der Waals surface area contributed by atoms with Gasteiger partial charge in [0.2, 0.25) is 5.78 Å². The third-order valence-electron chi connectivity index (χ3n) is 6.45. The summed E-state index contributed by atoms with van der Waals surface area (Å²) in [5.74, 6) is -2.50. The van der Waals surface area contributed by atoms with Crippen molar-refractivity contribution < 1.29 is 32.6 Å². The van der Waals surface area contributed by atoms with Gasteiger partial charge < -0.3 is 10.0 Å². The number of nitrogens with zero attached hydrogens (tertiary/aromatic N) is 3. The molecule has 1 fully saturated rings. The minimum atomic E-state index is -4.85. The van der Waals surface area contributed by atoms with Crippen LogP contribution >= 0.6 is 0 Å². The lowest BCUT2D eigenvalue weighted by atomic mass is 9.94. The number of ketones is 1. The van der Waals surface area contributed by atoms with E-state index in [0.29, 0.717) is 0 Å². The number of allylic oxidation sites excluding steroid dienone is 1. The van der Waals surface area contributed by atoms with Crippen LogP contribution in [0.25, 0.3) is 0 Å². The maximum Gasteiger partial charge on any atom is 0.522 e. The van der Waals surface area contributed by atoms with Gasteiger partial charge in [-0.05, 0) is 41.2 Å². The summed E-state index contributed by atoms with van der Waals surface area (Å²) in [6.45, 7) is 2.06. The van der Waals surface area contributed by atoms with Crippen LogP contribution in [0.1, 0.15) is 28.3 Å². The van der Waals surface area contributed by atoms with E-state index < -0.39 is 43.0 Å². The first-order valence-electron chi connectivity index (χ1n) is 11.4. The second-order valence-electron chi connectivity index (χ2n) is 8.53. The molecule has 1 aliphatic heterocycles. The van der Waals surface area contributed by atoms with Gasteiger partial charge in [-0.25, -0.2) is 0 Å². The Kier molecular flexibility index (Phi) is 7.18. The molecule has 36 heavy (non-hydrogen) atoms. The number of aliphatic hydroxyl groups excluding tert-OH is 1. The van der Waals surface area contributed by atoms with E-state index >= 15 is 0 Å². The Morgan fingerprint density at radius 2 is 1.67 bits per heavy atom. The van der Waals surface area contributed by atoms with Crippen molar-refractivity contribution in [2.45, 2.75) is 25.2 Å². The summed E-state index contributed by atoms with van der Waals surface area (Å²) < 4.78 is 41.8. The van der Waals surface area contributed by atoms with Gasteiger partial charge in [-0.15, -0.1) is 13.2 Å². The number of ether oxygens (including phenoxy) is 1. The van der Waals surface area contributed by atoms with Crippen molar-refractivity contribution in [3.63, 3.8) is 0 Å². The Labute approximate surface area is 206 Å². The Morgan fingerprint density at radius 3 is 2.19 bits per heavy atom. The third-order valence-corrected chi connectivity index (χ3v) is 6.45. The van der Waals surface area contributed by atoms with Crippen LogP contribution in [0.15, 0.2) is 72.6 Å². The van der Waals surface area contributed by atoms with E-state index in [-0.39, 0.29) is 12.4 Å². The van der Waals surface area contributed by atoms with E-state index in [9.17, 15) is 27.9 Å². The van der Waals surface area contributed by atoms with Crippen molar-refractivity contribution in [2.24, 2.45) is 0 Å². The maximum atomic E-state index is 13.3. The van der Waals surface area contributed by atoms with E-state index in [2.05, 4.69) is 11.3 Å². The van der Waals surface area contributed by atoms with E-state index in [1.165, 1.54) is 5.01 Å². The number of amides is 1. The van der Waals surface area contributed by atoms with Gasteiger partial charge in [0, 0.05) is 13.6 Å². The number of alkyl halides is 3. The molecule has 0 saturated carbocycles. The monoisotopic (exact) mass is 501 g/mol. The fraction of sp³-hybridized carbons (Fsp3) is 0.308. The summed E-state index contributed by atoms with van der Waals surface area (Å²) in [4.78, 5) is 26.7. The van der Waals surface area contributed by atoms with Gasteiger partial charge in [-0.3, -0.25) is 19.3 Å². The number of hydrogen-bond acceptors (Lipinski definition) is 6. The highest BCUT2D eigenvalue weighted by molar-refractivity contribution is 6.08. The van der Waals surface area contributed by atoms with Crippen molar-refractivity contribution >= 4 is 11.7 Å². The molecule has 0 bridgehead atoms. The molecule has 4 rings (SSSR count). The molecule has 2 aromatic rings. The van der Waals surface area contributed by atoms with Crippen molar-refractivity contribution in [1.82, 2.24) is 14.9 Å². The highest BCUT2D eigenvalue weighted by Gasteiger charge is 2.42. The SMILES string of the molecule is C=CC(=O)/C(O)=C1/C(=O)N(CCOC(F)(F)F)CN(C2c3ccccc3CCc3ccccc32)N1C. The normalized spacial score (nSPS) is 18.4. The van der Waals surface area contributed by atoms with Crippen molar-refractivity contribution in [2.75, 3.05) is 26.9 Å². The van der Waals surface area contributed by atoms with E-state index in [1.54, 1.807) is 12.1 Å². The summed E-state index contributed by atoms with van der Waals surface area (Å²) in [7, 11) is 1.54. The fourth-order valence-electron chi connectivity index (χ4n) is 4.73. The first-order chi connectivity index (χ1) is 17.1. The standard InChI is InChI=1S/C26H26F3N3O4/c1-3-21(33)24(34)23-25(35)31(14-15-36-26(27,28)29)16-32(30(23)2)22-19-10-6-4-8-17(19)12-13-18-9-5-7-11-20(18)22/h3-11,22,34H,1,12-16H2,2H3/b24-23+. The number of benzene rings is 2. The zero-order valence-corrected chi connectivity index (χ0v) is 19.7. The van der Waals surface area contributed by atoms with Gasteiger partial charge >= 0.3 is 6.36 Å². The largest absolute Gasteiger partial charge is 0.522 e. The van der Waals surface area contributed by atoms with Crippen LogP contribution in [0, 0.1) is 0 Å². The van der Waals surface area contributed by atoms with Crippen molar-refractivity contribution in [1.29, 1.82) is 0 Å². The Bertz CT molecular complexity index is 1160. The van der Waals surface area contributed by atoms with Gasteiger partial charge in [0.15, 0.2) is 11.5 Å². The summed E-state index contributed by atoms with van der Waals surface area (Å²) in [5.41, 5.74) is 3.76. The number of likely N-dealkylation sites (N-methyl/N-ethyl adjacent to an activating group) is 1. The third kappa shape index (κ3) is 5.00. The number of fused-ring (bicyclic) bond motifs is 2. The number of hydrazine groups is 1. The molecule has 1 N–H and O–H groups in total. The number of carbonyl (C=O) groups is 2. The molecule has 0 spiro atoms. The van der Waals surface area contributed by atoms with Crippen molar-refractivity contribution in [3.05, 3.63) is 94.9 Å². The molecule has 2 aliphatic rings. The second kappa shape index (κ2) is 10.2. The lowest BCUT2D eigenvalue weighted by Crippen LogP contribution is -2.58. The Balaban J connectivity index is 1.83. The van der Waals surface area contributed by atoms with Crippen LogP contribution in [0.2, 0.25) is 0 Å². The Morgan fingerprint density at radius 1 is 1.11 bits per heavy atom. The fourth-order valence-corrected chi connectivity index (χ4v) is 4.73. The minimum Gasteiger partial charge on any atom is -0.503 e. The number of carbonyl (C=O) groups excluding carboxylic acids is 2. The summed E-state index contributed by atoms with van der Waals surface area (Å²) >= 11 is 0.